The molecule has 0 fully saturated rings. The topological polar surface area (TPSA) is 85.8 Å². The van der Waals surface area contributed by atoms with Crippen LogP contribution in [0.15, 0.2) is 36.9 Å². The molecule has 1 amide bonds. The number of rotatable bonds is 5. The molecule has 3 N–H and O–H groups in total. The maximum atomic E-state index is 12.2. The molecule has 6 nitrogen and oxygen atoms in total. The molecule has 0 saturated carbocycles. The Bertz CT molecular complexity index is 577. The summed E-state index contributed by atoms with van der Waals surface area (Å²) >= 11 is 0. The number of aromatic nitrogens is 3. The minimum absolute atomic E-state index is 0.180. The fourth-order valence-corrected chi connectivity index (χ4v) is 1.99. The summed E-state index contributed by atoms with van der Waals surface area (Å²) in [6.07, 6.45) is 4.71. The van der Waals surface area contributed by atoms with Crippen LogP contribution in [0.5, 0.6) is 0 Å². The number of nitrogens with two attached hydrogens (primary N) is 1. The number of carbonyl (C=O) groups excluding carboxylic acids is 1. The predicted molar refractivity (Wildman–Crippen MR) is 77.5 cm³/mol. The minimum Gasteiger partial charge on any atom is -0.324 e. The van der Waals surface area contributed by atoms with Gasteiger partial charge >= 0.3 is 0 Å². The summed E-state index contributed by atoms with van der Waals surface area (Å²) in [6, 6.07) is 7.45. The van der Waals surface area contributed by atoms with E-state index >= 15 is 0 Å². The van der Waals surface area contributed by atoms with E-state index in [0.717, 1.165) is 12.1 Å². The zero-order valence-corrected chi connectivity index (χ0v) is 11.7. The molecule has 1 atom stereocenters. The van der Waals surface area contributed by atoms with Crippen LogP contribution in [0.25, 0.3) is 5.69 Å². The van der Waals surface area contributed by atoms with Crippen LogP contribution in [0.3, 0.4) is 0 Å². The van der Waals surface area contributed by atoms with E-state index in [1.54, 1.807) is 24.1 Å². The smallest absolute Gasteiger partial charge is 0.244 e. The molecule has 2 rings (SSSR count). The van der Waals surface area contributed by atoms with Crippen LogP contribution in [0.2, 0.25) is 0 Å². The highest BCUT2D eigenvalue weighted by Crippen LogP contribution is 2.17. The van der Waals surface area contributed by atoms with Crippen molar-refractivity contribution in [1.29, 1.82) is 0 Å². The van der Waals surface area contributed by atoms with Gasteiger partial charge in [-0.15, -0.1) is 10.2 Å². The molecule has 0 saturated heterocycles. The van der Waals surface area contributed by atoms with Gasteiger partial charge in [0.25, 0.3) is 0 Å². The lowest BCUT2D eigenvalue weighted by molar-refractivity contribution is -0.120. The zero-order valence-electron chi connectivity index (χ0n) is 11.7. The first-order valence-electron chi connectivity index (χ1n) is 6.58. The van der Waals surface area contributed by atoms with E-state index in [9.17, 15) is 4.79 Å². The van der Waals surface area contributed by atoms with Crippen LogP contribution in [0.1, 0.15) is 26.7 Å². The third-order valence-electron chi connectivity index (χ3n) is 3.11. The summed E-state index contributed by atoms with van der Waals surface area (Å²) in [7, 11) is 0. The number of carbonyl (C=O) groups is 1. The van der Waals surface area contributed by atoms with Crippen molar-refractivity contribution in [2.45, 2.75) is 32.2 Å². The second-order valence-electron chi connectivity index (χ2n) is 5.04. The predicted octanol–water partition coefficient (Wildman–Crippen LogP) is 1.72. The first-order chi connectivity index (χ1) is 9.53. The van der Waals surface area contributed by atoms with E-state index in [4.69, 9.17) is 5.73 Å². The fraction of sp³-hybridized carbons (Fsp3) is 0.357. The second-order valence-corrected chi connectivity index (χ2v) is 5.04. The number of hydrogen-bond donors (Lipinski definition) is 2. The molecule has 20 heavy (non-hydrogen) atoms. The van der Waals surface area contributed by atoms with Gasteiger partial charge in [0.15, 0.2) is 0 Å². The van der Waals surface area contributed by atoms with Gasteiger partial charge in [-0.3, -0.25) is 9.36 Å². The lowest BCUT2D eigenvalue weighted by Crippen LogP contribution is -2.48. The highest BCUT2D eigenvalue weighted by molar-refractivity contribution is 5.97. The van der Waals surface area contributed by atoms with Crippen molar-refractivity contribution < 1.29 is 4.79 Å². The fourth-order valence-electron chi connectivity index (χ4n) is 1.99. The van der Waals surface area contributed by atoms with Crippen molar-refractivity contribution in [3.8, 4) is 5.69 Å². The van der Waals surface area contributed by atoms with Crippen molar-refractivity contribution in [2.75, 3.05) is 5.32 Å². The molecular formula is C14H19N5O. The summed E-state index contributed by atoms with van der Waals surface area (Å²) in [4.78, 5) is 12.2. The van der Waals surface area contributed by atoms with Crippen molar-refractivity contribution in [3.63, 3.8) is 0 Å². The molecule has 1 unspecified atom stereocenters. The Labute approximate surface area is 118 Å². The number of benzene rings is 1. The number of nitrogens with zero attached hydrogens (tertiary/aromatic N) is 3. The van der Waals surface area contributed by atoms with E-state index in [1.165, 1.54) is 0 Å². The van der Waals surface area contributed by atoms with Gasteiger partial charge in [0.2, 0.25) is 5.91 Å². The molecule has 0 aliphatic heterocycles. The third-order valence-corrected chi connectivity index (χ3v) is 3.11. The Balaban J connectivity index is 2.14. The quantitative estimate of drug-likeness (QED) is 0.868. The lowest BCUT2D eigenvalue weighted by atomic mass is 9.96. The number of anilines is 1. The molecule has 1 heterocycles. The monoisotopic (exact) mass is 273 g/mol. The normalized spacial score (nSPS) is 13.8. The summed E-state index contributed by atoms with van der Waals surface area (Å²) in [6.45, 7) is 3.75. The SMILES string of the molecule is CCCC(C)(N)C(=O)Nc1cccc(-n2cnnc2)c1. The first kappa shape index (κ1) is 14.2. The van der Waals surface area contributed by atoms with Gasteiger partial charge in [0.05, 0.1) is 11.2 Å². The van der Waals surface area contributed by atoms with Crippen LogP contribution >= 0.6 is 0 Å². The average molecular weight is 273 g/mol. The van der Waals surface area contributed by atoms with Crippen LogP contribution in [-0.4, -0.2) is 26.2 Å². The van der Waals surface area contributed by atoms with Crippen molar-refractivity contribution in [1.82, 2.24) is 14.8 Å². The Hall–Kier alpha value is -2.21. The van der Waals surface area contributed by atoms with Gasteiger partial charge in [0.1, 0.15) is 12.7 Å². The second kappa shape index (κ2) is 5.83. The van der Waals surface area contributed by atoms with Crippen LogP contribution in [-0.2, 0) is 4.79 Å². The van der Waals surface area contributed by atoms with Crippen molar-refractivity contribution >= 4 is 11.6 Å². The first-order valence-corrected chi connectivity index (χ1v) is 6.58. The van der Waals surface area contributed by atoms with Gasteiger partial charge < -0.3 is 11.1 Å². The summed E-state index contributed by atoms with van der Waals surface area (Å²) in [5.41, 5.74) is 6.73. The Morgan fingerprint density at radius 1 is 1.40 bits per heavy atom. The van der Waals surface area contributed by atoms with Crippen LogP contribution in [0.4, 0.5) is 5.69 Å². The Kier molecular flexibility index (Phi) is 4.14. The Morgan fingerprint density at radius 2 is 2.10 bits per heavy atom. The van der Waals surface area contributed by atoms with E-state index in [0.29, 0.717) is 12.1 Å². The lowest BCUT2D eigenvalue weighted by Gasteiger charge is -2.23. The molecule has 1 aromatic heterocycles. The van der Waals surface area contributed by atoms with Gasteiger partial charge in [-0.2, -0.15) is 0 Å². The van der Waals surface area contributed by atoms with E-state index in [1.807, 2.05) is 31.2 Å². The summed E-state index contributed by atoms with van der Waals surface area (Å²) < 4.78 is 1.77. The Morgan fingerprint density at radius 3 is 2.75 bits per heavy atom. The number of nitrogens with one attached hydrogen (secondary N) is 1. The zero-order chi connectivity index (χ0) is 14.6. The van der Waals surface area contributed by atoms with Gasteiger partial charge in [0, 0.05) is 5.69 Å². The van der Waals surface area contributed by atoms with E-state index < -0.39 is 5.54 Å². The number of amides is 1. The molecule has 6 heteroatoms. The molecular weight excluding hydrogens is 254 g/mol. The largest absolute Gasteiger partial charge is 0.324 e. The maximum Gasteiger partial charge on any atom is 0.244 e. The van der Waals surface area contributed by atoms with Crippen molar-refractivity contribution in [2.24, 2.45) is 5.73 Å². The average Bonchev–Trinajstić information content (AvgIpc) is 2.93. The van der Waals surface area contributed by atoms with Gasteiger partial charge in [-0.1, -0.05) is 19.4 Å². The molecule has 106 valence electrons. The molecule has 0 spiro atoms. The third kappa shape index (κ3) is 3.21. The highest BCUT2D eigenvalue weighted by Gasteiger charge is 2.27. The van der Waals surface area contributed by atoms with Crippen LogP contribution in [0, 0.1) is 0 Å². The summed E-state index contributed by atoms with van der Waals surface area (Å²) in [5.74, 6) is -0.180. The van der Waals surface area contributed by atoms with Gasteiger partial charge in [-0.25, -0.2) is 0 Å². The number of hydrogen-bond acceptors (Lipinski definition) is 4. The van der Waals surface area contributed by atoms with Crippen molar-refractivity contribution in [3.05, 3.63) is 36.9 Å². The molecule has 0 bridgehead atoms. The summed E-state index contributed by atoms with van der Waals surface area (Å²) in [5, 5.41) is 10.4. The molecule has 0 radical (unpaired) electrons. The maximum absolute atomic E-state index is 12.2. The standard InChI is InChI=1S/C14H19N5O/c1-3-7-14(2,15)13(20)18-11-5-4-6-12(8-11)19-9-16-17-10-19/h4-6,8-10H,3,7,15H2,1-2H3,(H,18,20). The minimum atomic E-state index is -0.860. The van der Waals surface area contributed by atoms with E-state index in [-0.39, 0.29) is 5.91 Å². The molecule has 2 aromatic rings. The molecule has 0 aliphatic rings. The van der Waals surface area contributed by atoms with Crippen LogP contribution < -0.4 is 11.1 Å². The molecule has 1 aromatic carbocycles. The highest BCUT2D eigenvalue weighted by atomic mass is 16.2. The van der Waals surface area contributed by atoms with Gasteiger partial charge in [-0.05, 0) is 31.5 Å². The van der Waals surface area contributed by atoms with E-state index in [2.05, 4.69) is 15.5 Å². The molecule has 0 aliphatic carbocycles.